The van der Waals surface area contributed by atoms with Crippen LogP contribution < -0.4 is 5.32 Å². The summed E-state index contributed by atoms with van der Waals surface area (Å²) < 4.78 is 10.8. The Bertz CT molecular complexity index is 799. The summed E-state index contributed by atoms with van der Waals surface area (Å²) in [6.07, 6.45) is -1.15. The first-order valence-corrected chi connectivity index (χ1v) is 8.18. The van der Waals surface area contributed by atoms with E-state index in [-0.39, 0.29) is 12.5 Å². The second-order valence-electron chi connectivity index (χ2n) is 5.69. The molecule has 0 spiro atoms. The third-order valence-electron chi connectivity index (χ3n) is 3.90. The fraction of sp³-hybridized carbons (Fsp3) is 0.263. The molecule has 0 bridgehead atoms. The van der Waals surface area contributed by atoms with Crippen molar-refractivity contribution in [1.29, 1.82) is 0 Å². The van der Waals surface area contributed by atoms with Crippen molar-refractivity contribution in [2.45, 2.75) is 32.1 Å². The van der Waals surface area contributed by atoms with Crippen LogP contribution in [0, 0.1) is 0 Å². The number of alkyl carbamates (subject to hydrolysis) is 1. The maximum absolute atomic E-state index is 12.0. The van der Waals surface area contributed by atoms with E-state index in [1.54, 1.807) is 12.1 Å². The Morgan fingerprint density at radius 1 is 1.20 bits per heavy atom. The van der Waals surface area contributed by atoms with Gasteiger partial charge in [-0.15, -0.1) is 0 Å². The van der Waals surface area contributed by atoms with Crippen molar-refractivity contribution >= 4 is 17.2 Å². The number of nitrogens with zero attached hydrogens (tertiary/aromatic N) is 1. The van der Waals surface area contributed by atoms with Crippen molar-refractivity contribution in [3.63, 3.8) is 0 Å². The highest BCUT2D eigenvalue weighted by atomic mass is 16.5. The van der Waals surface area contributed by atoms with E-state index in [4.69, 9.17) is 9.15 Å². The van der Waals surface area contributed by atoms with Gasteiger partial charge in [0.2, 0.25) is 5.89 Å². The fourth-order valence-corrected chi connectivity index (χ4v) is 2.51. The van der Waals surface area contributed by atoms with Gasteiger partial charge in [0.25, 0.3) is 0 Å². The van der Waals surface area contributed by atoms with Crippen molar-refractivity contribution in [3.05, 3.63) is 66.1 Å². The van der Waals surface area contributed by atoms with E-state index in [0.29, 0.717) is 17.5 Å². The highest BCUT2D eigenvalue weighted by Crippen LogP contribution is 2.23. The monoisotopic (exact) mass is 340 g/mol. The number of para-hydroxylation sites is 2. The van der Waals surface area contributed by atoms with Crippen molar-refractivity contribution in [2.75, 3.05) is 0 Å². The molecule has 0 fully saturated rings. The number of carbonyl (C=O) groups is 1. The normalized spacial score (nSPS) is 13.4. The molecule has 0 radical (unpaired) electrons. The molecule has 1 heterocycles. The summed E-state index contributed by atoms with van der Waals surface area (Å²) in [5, 5.41) is 13.2. The zero-order valence-corrected chi connectivity index (χ0v) is 13.9. The van der Waals surface area contributed by atoms with Gasteiger partial charge in [-0.3, -0.25) is 0 Å². The fourth-order valence-electron chi connectivity index (χ4n) is 2.51. The number of aliphatic hydroxyl groups excluding tert-OH is 1. The Balaban J connectivity index is 1.61. The Hall–Kier alpha value is -2.86. The largest absolute Gasteiger partial charge is 0.445 e. The van der Waals surface area contributed by atoms with Gasteiger partial charge in [-0.05, 0) is 24.1 Å². The molecule has 0 aliphatic rings. The molecule has 0 saturated heterocycles. The number of hydrogen-bond donors (Lipinski definition) is 2. The molecule has 130 valence electrons. The summed E-state index contributed by atoms with van der Waals surface area (Å²) in [6.45, 7) is 2.02. The van der Waals surface area contributed by atoms with Gasteiger partial charge in [0.05, 0.1) is 6.04 Å². The quantitative estimate of drug-likeness (QED) is 0.716. The maximum atomic E-state index is 12.0. The average molecular weight is 340 g/mol. The minimum absolute atomic E-state index is 0.169. The number of oxazole rings is 1. The van der Waals surface area contributed by atoms with Crippen molar-refractivity contribution in [3.8, 4) is 0 Å². The predicted octanol–water partition coefficient (Wildman–Crippen LogP) is 3.57. The van der Waals surface area contributed by atoms with Gasteiger partial charge < -0.3 is 19.6 Å². The number of benzene rings is 2. The Kier molecular flexibility index (Phi) is 5.30. The smallest absolute Gasteiger partial charge is 0.407 e. The zero-order valence-electron chi connectivity index (χ0n) is 13.9. The zero-order chi connectivity index (χ0) is 17.6. The van der Waals surface area contributed by atoms with E-state index in [2.05, 4.69) is 10.3 Å². The molecule has 2 aromatic carbocycles. The van der Waals surface area contributed by atoms with Gasteiger partial charge in [0.1, 0.15) is 12.1 Å². The Labute approximate surface area is 145 Å². The first kappa shape index (κ1) is 17.0. The molecule has 2 N–H and O–H groups in total. The first-order valence-electron chi connectivity index (χ1n) is 8.18. The lowest BCUT2D eigenvalue weighted by Gasteiger charge is -2.20. The molecular weight excluding hydrogens is 320 g/mol. The van der Waals surface area contributed by atoms with E-state index in [1.165, 1.54) is 0 Å². The molecular formula is C19H20N2O4. The minimum Gasteiger partial charge on any atom is -0.445 e. The summed E-state index contributed by atoms with van der Waals surface area (Å²) in [4.78, 5) is 16.3. The van der Waals surface area contributed by atoms with Crippen LogP contribution in [0.4, 0.5) is 4.79 Å². The number of aliphatic hydroxyl groups is 1. The van der Waals surface area contributed by atoms with Gasteiger partial charge >= 0.3 is 6.09 Å². The highest BCUT2D eigenvalue weighted by molar-refractivity contribution is 5.72. The SMILES string of the molecule is CC[C@H](NC(=O)OCc1ccccc1)C(O)c1nc2ccccc2o1. The van der Waals surface area contributed by atoms with E-state index in [1.807, 2.05) is 49.4 Å². The third kappa shape index (κ3) is 4.16. The molecule has 25 heavy (non-hydrogen) atoms. The van der Waals surface area contributed by atoms with Crippen LogP contribution in [0.25, 0.3) is 11.1 Å². The third-order valence-corrected chi connectivity index (χ3v) is 3.90. The van der Waals surface area contributed by atoms with Gasteiger partial charge in [0, 0.05) is 0 Å². The number of nitrogens with one attached hydrogen (secondary N) is 1. The first-order chi connectivity index (χ1) is 12.2. The molecule has 2 atom stereocenters. The number of rotatable bonds is 6. The van der Waals surface area contributed by atoms with Crippen LogP contribution in [0.3, 0.4) is 0 Å². The lowest BCUT2D eigenvalue weighted by Crippen LogP contribution is -2.39. The van der Waals surface area contributed by atoms with Crippen molar-refractivity contribution in [2.24, 2.45) is 0 Å². The number of aromatic nitrogens is 1. The van der Waals surface area contributed by atoms with Crippen LogP contribution in [0.15, 0.2) is 59.0 Å². The molecule has 3 aromatic rings. The molecule has 1 unspecified atom stereocenters. The van der Waals surface area contributed by atoms with Crippen LogP contribution >= 0.6 is 0 Å². The molecule has 0 aliphatic carbocycles. The molecule has 6 heteroatoms. The van der Waals surface area contributed by atoms with Gasteiger partial charge in [-0.25, -0.2) is 9.78 Å². The number of ether oxygens (including phenoxy) is 1. The maximum Gasteiger partial charge on any atom is 0.407 e. The molecule has 6 nitrogen and oxygen atoms in total. The highest BCUT2D eigenvalue weighted by Gasteiger charge is 2.26. The standard InChI is InChI=1S/C19H20N2O4/c1-2-14(21-19(23)24-12-13-8-4-3-5-9-13)17(22)18-20-15-10-6-7-11-16(15)25-18/h3-11,14,17,22H,2,12H2,1H3,(H,21,23)/t14-,17?/m0/s1. The lowest BCUT2D eigenvalue weighted by molar-refractivity contribution is 0.0849. The van der Waals surface area contributed by atoms with Crippen LogP contribution in [0.5, 0.6) is 0 Å². The summed E-state index contributed by atoms with van der Waals surface area (Å²) in [5.74, 6) is 0.177. The average Bonchev–Trinajstić information content (AvgIpc) is 3.09. The van der Waals surface area contributed by atoms with E-state index in [0.717, 1.165) is 5.56 Å². The summed E-state index contributed by atoms with van der Waals surface area (Å²) >= 11 is 0. The van der Waals surface area contributed by atoms with E-state index in [9.17, 15) is 9.90 Å². The number of amides is 1. The Morgan fingerprint density at radius 3 is 2.64 bits per heavy atom. The number of hydrogen-bond acceptors (Lipinski definition) is 5. The molecule has 0 saturated carbocycles. The molecule has 0 aliphatic heterocycles. The lowest BCUT2D eigenvalue weighted by atomic mass is 10.1. The second kappa shape index (κ2) is 7.81. The van der Waals surface area contributed by atoms with Crippen LogP contribution in [0.1, 0.15) is 30.9 Å². The Morgan fingerprint density at radius 2 is 1.92 bits per heavy atom. The molecule has 1 aromatic heterocycles. The van der Waals surface area contributed by atoms with Crippen molar-refractivity contribution in [1.82, 2.24) is 10.3 Å². The van der Waals surface area contributed by atoms with Crippen LogP contribution in [-0.4, -0.2) is 22.2 Å². The molecule has 1 amide bonds. The summed E-state index contributed by atoms with van der Waals surface area (Å²) in [6, 6.07) is 16.1. The summed E-state index contributed by atoms with van der Waals surface area (Å²) in [7, 11) is 0. The second-order valence-corrected chi connectivity index (χ2v) is 5.69. The number of carbonyl (C=O) groups excluding carboxylic acids is 1. The molecule has 3 rings (SSSR count). The van der Waals surface area contributed by atoms with Crippen LogP contribution in [0.2, 0.25) is 0 Å². The van der Waals surface area contributed by atoms with Gasteiger partial charge in [0.15, 0.2) is 11.7 Å². The van der Waals surface area contributed by atoms with E-state index < -0.39 is 18.2 Å². The minimum atomic E-state index is -1.05. The number of fused-ring (bicyclic) bond motifs is 1. The summed E-state index contributed by atoms with van der Waals surface area (Å²) in [5.41, 5.74) is 2.15. The van der Waals surface area contributed by atoms with Gasteiger partial charge in [-0.1, -0.05) is 49.4 Å². The van der Waals surface area contributed by atoms with E-state index >= 15 is 0 Å². The predicted molar refractivity (Wildman–Crippen MR) is 92.8 cm³/mol. The van der Waals surface area contributed by atoms with Crippen molar-refractivity contribution < 1.29 is 19.1 Å². The van der Waals surface area contributed by atoms with Crippen LogP contribution in [-0.2, 0) is 11.3 Å². The topological polar surface area (TPSA) is 84.6 Å². The van der Waals surface area contributed by atoms with Gasteiger partial charge in [-0.2, -0.15) is 0 Å².